The van der Waals surface area contributed by atoms with Gasteiger partial charge in [0, 0.05) is 38.4 Å². The maximum Gasteiger partial charge on any atom is 0.409 e. The monoisotopic (exact) mass is 278 g/mol. The largest absolute Gasteiger partial charge is 0.450 e. The van der Waals surface area contributed by atoms with Gasteiger partial charge in [0.2, 0.25) is 0 Å². The SMILES string of the molecule is CCOC(=O)N1CCN(c2cc(CN)cc(C)n2)CC1. The molecule has 6 nitrogen and oxygen atoms in total. The van der Waals surface area contributed by atoms with Gasteiger partial charge in [0.25, 0.3) is 0 Å². The van der Waals surface area contributed by atoms with E-state index < -0.39 is 0 Å². The van der Waals surface area contributed by atoms with E-state index in [1.54, 1.807) is 4.90 Å². The van der Waals surface area contributed by atoms with Crippen LogP contribution in [0.1, 0.15) is 18.2 Å². The molecule has 1 aromatic heterocycles. The Labute approximate surface area is 119 Å². The molecule has 0 aromatic carbocycles. The highest BCUT2D eigenvalue weighted by Gasteiger charge is 2.22. The zero-order valence-corrected chi connectivity index (χ0v) is 12.1. The summed E-state index contributed by atoms with van der Waals surface area (Å²) in [6, 6.07) is 4.02. The Morgan fingerprint density at radius 2 is 2.05 bits per heavy atom. The molecule has 2 N–H and O–H groups in total. The number of aryl methyl sites for hydroxylation is 1. The van der Waals surface area contributed by atoms with Gasteiger partial charge in [-0.2, -0.15) is 0 Å². The van der Waals surface area contributed by atoms with Gasteiger partial charge in [-0.15, -0.1) is 0 Å². The molecule has 2 rings (SSSR count). The predicted molar refractivity (Wildman–Crippen MR) is 77.7 cm³/mol. The molecular formula is C14H22N4O2. The minimum atomic E-state index is -0.230. The van der Waals surface area contributed by atoms with Crippen LogP contribution in [0.2, 0.25) is 0 Å². The van der Waals surface area contributed by atoms with Crippen molar-refractivity contribution in [3.63, 3.8) is 0 Å². The average molecular weight is 278 g/mol. The smallest absolute Gasteiger partial charge is 0.409 e. The van der Waals surface area contributed by atoms with Crippen molar-refractivity contribution in [2.75, 3.05) is 37.7 Å². The van der Waals surface area contributed by atoms with Gasteiger partial charge < -0.3 is 20.3 Å². The number of nitrogens with two attached hydrogens (primary N) is 1. The molecule has 1 saturated heterocycles. The van der Waals surface area contributed by atoms with Crippen LogP contribution in [-0.2, 0) is 11.3 Å². The van der Waals surface area contributed by atoms with Gasteiger partial charge >= 0.3 is 6.09 Å². The van der Waals surface area contributed by atoms with E-state index >= 15 is 0 Å². The van der Waals surface area contributed by atoms with E-state index in [9.17, 15) is 4.79 Å². The number of hydrogen-bond acceptors (Lipinski definition) is 5. The third kappa shape index (κ3) is 3.39. The summed E-state index contributed by atoms with van der Waals surface area (Å²) in [7, 11) is 0. The molecular weight excluding hydrogens is 256 g/mol. The van der Waals surface area contributed by atoms with Crippen LogP contribution in [0.25, 0.3) is 0 Å². The number of rotatable bonds is 3. The van der Waals surface area contributed by atoms with Crippen molar-refractivity contribution in [2.24, 2.45) is 5.73 Å². The second-order valence-electron chi connectivity index (χ2n) is 4.85. The highest BCUT2D eigenvalue weighted by molar-refractivity contribution is 5.68. The highest BCUT2D eigenvalue weighted by Crippen LogP contribution is 2.17. The predicted octanol–water partition coefficient (Wildman–Crippen LogP) is 1.13. The van der Waals surface area contributed by atoms with Crippen molar-refractivity contribution in [3.05, 3.63) is 23.4 Å². The molecule has 0 bridgehead atoms. The summed E-state index contributed by atoms with van der Waals surface area (Å²) in [5.74, 6) is 0.939. The van der Waals surface area contributed by atoms with Crippen LogP contribution in [0.15, 0.2) is 12.1 Å². The van der Waals surface area contributed by atoms with Crippen molar-refractivity contribution in [1.29, 1.82) is 0 Å². The fourth-order valence-corrected chi connectivity index (χ4v) is 2.33. The fraction of sp³-hybridized carbons (Fsp3) is 0.571. The second kappa shape index (κ2) is 6.56. The number of carbonyl (C=O) groups is 1. The lowest BCUT2D eigenvalue weighted by molar-refractivity contribution is 0.105. The minimum Gasteiger partial charge on any atom is -0.450 e. The molecule has 1 aliphatic rings. The Hall–Kier alpha value is -1.82. The van der Waals surface area contributed by atoms with Gasteiger partial charge in [-0.05, 0) is 31.5 Å². The van der Waals surface area contributed by atoms with Crippen LogP contribution in [0.5, 0.6) is 0 Å². The Kier molecular flexibility index (Phi) is 4.79. The molecule has 0 saturated carbocycles. The molecule has 1 aromatic rings. The minimum absolute atomic E-state index is 0.230. The first-order valence-corrected chi connectivity index (χ1v) is 6.98. The lowest BCUT2D eigenvalue weighted by atomic mass is 10.2. The lowest BCUT2D eigenvalue weighted by Crippen LogP contribution is -2.49. The quantitative estimate of drug-likeness (QED) is 0.897. The van der Waals surface area contributed by atoms with Gasteiger partial charge in [-0.1, -0.05) is 0 Å². The van der Waals surface area contributed by atoms with Gasteiger partial charge in [0.05, 0.1) is 6.61 Å². The maximum atomic E-state index is 11.6. The van der Waals surface area contributed by atoms with E-state index in [-0.39, 0.29) is 6.09 Å². The van der Waals surface area contributed by atoms with Crippen molar-refractivity contribution >= 4 is 11.9 Å². The summed E-state index contributed by atoms with van der Waals surface area (Å²) in [6.07, 6.45) is -0.230. The van der Waals surface area contributed by atoms with Gasteiger partial charge in [-0.25, -0.2) is 9.78 Å². The molecule has 6 heteroatoms. The molecule has 20 heavy (non-hydrogen) atoms. The normalized spacial score (nSPS) is 15.3. The Morgan fingerprint density at radius 3 is 2.65 bits per heavy atom. The van der Waals surface area contributed by atoms with E-state index in [4.69, 9.17) is 10.5 Å². The number of ether oxygens (including phenoxy) is 1. The Bertz CT molecular complexity index is 470. The van der Waals surface area contributed by atoms with E-state index in [1.165, 1.54) is 0 Å². The summed E-state index contributed by atoms with van der Waals surface area (Å²) in [5.41, 5.74) is 7.75. The highest BCUT2D eigenvalue weighted by atomic mass is 16.6. The first-order valence-electron chi connectivity index (χ1n) is 6.98. The van der Waals surface area contributed by atoms with E-state index in [0.29, 0.717) is 26.2 Å². The third-order valence-corrected chi connectivity index (χ3v) is 3.37. The lowest BCUT2D eigenvalue weighted by Gasteiger charge is -2.35. The van der Waals surface area contributed by atoms with Crippen molar-refractivity contribution in [3.8, 4) is 0 Å². The number of aromatic nitrogens is 1. The summed E-state index contributed by atoms with van der Waals surface area (Å²) < 4.78 is 5.01. The molecule has 1 fully saturated rings. The van der Waals surface area contributed by atoms with Gasteiger partial charge in [0.1, 0.15) is 5.82 Å². The molecule has 0 aliphatic carbocycles. The Balaban J connectivity index is 2.00. The number of pyridine rings is 1. The van der Waals surface area contributed by atoms with Crippen LogP contribution in [-0.4, -0.2) is 48.8 Å². The van der Waals surface area contributed by atoms with E-state index in [0.717, 1.165) is 30.2 Å². The molecule has 0 unspecified atom stereocenters. The van der Waals surface area contributed by atoms with Gasteiger partial charge in [0.15, 0.2) is 0 Å². The van der Waals surface area contributed by atoms with Crippen molar-refractivity contribution in [1.82, 2.24) is 9.88 Å². The zero-order chi connectivity index (χ0) is 14.5. The second-order valence-corrected chi connectivity index (χ2v) is 4.85. The first kappa shape index (κ1) is 14.6. The molecule has 2 heterocycles. The maximum absolute atomic E-state index is 11.6. The Morgan fingerprint density at radius 1 is 1.35 bits per heavy atom. The van der Waals surface area contributed by atoms with Crippen LogP contribution in [0, 0.1) is 6.92 Å². The van der Waals surface area contributed by atoms with Crippen LogP contribution in [0.3, 0.4) is 0 Å². The molecule has 0 atom stereocenters. The standard InChI is InChI=1S/C14H22N4O2/c1-3-20-14(19)18-6-4-17(5-7-18)13-9-12(10-15)8-11(2)16-13/h8-9H,3-7,10,15H2,1-2H3. The van der Waals surface area contributed by atoms with Crippen LogP contribution >= 0.6 is 0 Å². The summed E-state index contributed by atoms with van der Waals surface area (Å²) in [4.78, 5) is 20.1. The molecule has 1 amide bonds. The number of nitrogens with zero attached hydrogens (tertiary/aromatic N) is 3. The molecule has 0 spiro atoms. The fourth-order valence-electron chi connectivity index (χ4n) is 2.33. The third-order valence-electron chi connectivity index (χ3n) is 3.37. The van der Waals surface area contributed by atoms with E-state index in [2.05, 4.69) is 9.88 Å². The summed E-state index contributed by atoms with van der Waals surface area (Å²) in [6.45, 7) is 7.56. The number of hydrogen-bond donors (Lipinski definition) is 1. The molecule has 110 valence electrons. The first-order chi connectivity index (χ1) is 9.63. The average Bonchev–Trinajstić information content (AvgIpc) is 2.47. The van der Waals surface area contributed by atoms with E-state index in [1.807, 2.05) is 26.0 Å². The summed E-state index contributed by atoms with van der Waals surface area (Å²) >= 11 is 0. The summed E-state index contributed by atoms with van der Waals surface area (Å²) in [5, 5.41) is 0. The van der Waals surface area contributed by atoms with Crippen LogP contribution in [0.4, 0.5) is 10.6 Å². The number of amides is 1. The van der Waals surface area contributed by atoms with Crippen molar-refractivity contribution in [2.45, 2.75) is 20.4 Å². The zero-order valence-electron chi connectivity index (χ0n) is 12.1. The van der Waals surface area contributed by atoms with Gasteiger partial charge in [-0.3, -0.25) is 0 Å². The number of anilines is 1. The topological polar surface area (TPSA) is 71.7 Å². The number of carbonyl (C=O) groups excluding carboxylic acids is 1. The molecule has 1 aliphatic heterocycles. The van der Waals surface area contributed by atoms with Crippen LogP contribution < -0.4 is 10.6 Å². The number of piperazine rings is 1. The van der Waals surface area contributed by atoms with Crippen molar-refractivity contribution < 1.29 is 9.53 Å². The molecule has 0 radical (unpaired) electrons.